The maximum absolute atomic E-state index is 12.5. The lowest BCUT2D eigenvalue weighted by molar-refractivity contribution is -0.0328. The molecule has 0 fully saturated rings. The number of nitrogens with one attached hydrogen (secondary N) is 1. The highest BCUT2D eigenvalue weighted by Gasteiger charge is 2.31. The predicted octanol–water partition coefficient (Wildman–Crippen LogP) is 3.58. The molecule has 0 aliphatic carbocycles. The fraction of sp³-hybridized carbons (Fsp3) is 0.500. The summed E-state index contributed by atoms with van der Waals surface area (Å²) < 4.78 is 37.4. The first kappa shape index (κ1) is 17.8. The highest BCUT2D eigenvalue weighted by atomic mass is 32.2. The monoisotopic (exact) mass is 321 g/mol. The van der Waals surface area contributed by atoms with Crippen molar-refractivity contribution in [3.05, 3.63) is 29.8 Å². The summed E-state index contributed by atoms with van der Waals surface area (Å²) in [6, 6.07) is 5.53. The van der Waals surface area contributed by atoms with Crippen molar-refractivity contribution in [3.8, 4) is 0 Å². The molecule has 0 aromatic heterocycles. The molecule has 0 atom stereocenters. The van der Waals surface area contributed by atoms with Gasteiger partial charge in [-0.25, -0.2) is 0 Å². The maximum Gasteiger partial charge on any atom is 0.446 e. The average Bonchev–Trinajstić information content (AvgIpc) is 2.43. The fourth-order valence-corrected chi connectivity index (χ4v) is 2.37. The Morgan fingerprint density at radius 1 is 1.24 bits per heavy atom. The zero-order valence-corrected chi connectivity index (χ0v) is 12.6. The third-order valence-corrected chi connectivity index (χ3v) is 4.06. The van der Waals surface area contributed by atoms with E-state index in [0.717, 1.165) is 0 Å². The van der Waals surface area contributed by atoms with Crippen molar-refractivity contribution in [2.24, 2.45) is 0 Å². The zero-order chi connectivity index (χ0) is 16.1. The van der Waals surface area contributed by atoms with Crippen LogP contribution in [0.2, 0.25) is 0 Å². The number of hydrogen-bond donors (Lipinski definition) is 2. The van der Waals surface area contributed by atoms with Crippen LogP contribution in [0.25, 0.3) is 0 Å². The molecule has 0 saturated carbocycles. The molecular weight excluding hydrogens is 303 g/mol. The van der Waals surface area contributed by atoms with E-state index in [1.165, 1.54) is 24.3 Å². The lowest BCUT2D eigenvalue weighted by atomic mass is 9.97. The van der Waals surface area contributed by atoms with Crippen molar-refractivity contribution in [3.63, 3.8) is 0 Å². The molecule has 0 spiro atoms. The summed E-state index contributed by atoms with van der Waals surface area (Å²) in [5.74, 6) is -0.623. The molecule has 1 amide bonds. The molecule has 0 bridgehead atoms. The normalized spacial score (nSPS) is 12.3. The second-order valence-corrected chi connectivity index (χ2v) is 5.76. The van der Waals surface area contributed by atoms with Crippen LogP contribution in [-0.2, 0) is 0 Å². The van der Waals surface area contributed by atoms with Crippen LogP contribution in [-0.4, -0.2) is 28.7 Å². The number of carbonyl (C=O) groups excluding carboxylic acids is 1. The molecule has 1 aromatic carbocycles. The smallest absolute Gasteiger partial charge is 0.388 e. The molecule has 7 heteroatoms. The Morgan fingerprint density at radius 2 is 1.81 bits per heavy atom. The summed E-state index contributed by atoms with van der Waals surface area (Å²) in [6.07, 6.45) is 0.894. The van der Waals surface area contributed by atoms with Gasteiger partial charge in [-0.05, 0) is 36.7 Å². The SMILES string of the molecule is CCC(O)(CC)CNC(=O)c1ccccc1SC(F)(F)F. The van der Waals surface area contributed by atoms with E-state index >= 15 is 0 Å². The van der Waals surface area contributed by atoms with E-state index in [4.69, 9.17) is 0 Å². The molecule has 1 aromatic rings. The quantitative estimate of drug-likeness (QED) is 0.787. The molecule has 3 nitrogen and oxygen atoms in total. The summed E-state index contributed by atoms with van der Waals surface area (Å²) in [5, 5.41) is 12.6. The van der Waals surface area contributed by atoms with Crippen LogP contribution in [0.5, 0.6) is 0 Å². The van der Waals surface area contributed by atoms with Crippen LogP contribution >= 0.6 is 11.8 Å². The minimum atomic E-state index is -4.45. The van der Waals surface area contributed by atoms with E-state index in [0.29, 0.717) is 12.8 Å². The number of alkyl halides is 3. The third-order valence-electron chi connectivity index (χ3n) is 3.25. The third kappa shape index (κ3) is 5.59. The van der Waals surface area contributed by atoms with Gasteiger partial charge in [0.2, 0.25) is 0 Å². The number of thioether (sulfide) groups is 1. The van der Waals surface area contributed by atoms with Crippen molar-refractivity contribution in [1.29, 1.82) is 0 Å². The summed E-state index contributed by atoms with van der Waals surface area (Å²) in [7, 11) is 0. The average molecular weight is 321 g/mol. The van der Waals surface area contributed by atoms with Gasteiger partial charge in [0.25, 0.3) is 5.91 Å². The maximum atomic E-state index is 12.5. The molecule has 118 valence electrons. The van der Waals surface area contributed by atoms with Gasteiger partial charge in [0.15, 0.2) is 0 Å². The molecule has 0 aliphatic heterocycles. The fourth-order valence-electron chi connectivity index (χ4n) is 1.71. The molecule has 21 heavy (non-hydrogen) atoms. The van der Waals surface area contributed by atoms with Crippen LogP contribution < -0.4 is 5.32 Å². The Balaban J connectivity index is 2.84. The Hall–Kier alpha value is -1.21. The molecule has 0 aliphatic rings. The number of aliphatic hydroxyl groups is 1. The van der Waals surface area contributed by atoms with Crippen molar-refractivity contribution in [2.45, 2.75) is 42.7 Å². The molecular formula is C14H18F3NO2S. The first-order chi connectivity index (χ1) is 9.71. The molecule has 1 rings (SSSR count). The summed E-state index contributed by atoms with van der Waals surface area (Å²) in [4.78, 5) is 11.9. The number of halogens is 3. The lowest BCUT2D eigenvalue weighted by Gasteiger charge is -2.25. The topological polar surface area (TPSA) is 49.3 Å². The molecule has 0 unspecified atom stereocenters. The van der Waals surface area contributed by atoms with Crippen molar-refractivity contribution in [2.75, 3.05) is 6.54 Å². The van der Waals surface area contributed by atoms with Crippen LogP contribution in [0.15, 0.2) is 29.2 Å². The van der Waals surface area contributed by atoms with Crippen molar-refractivity contribution < 1.29 is 23.1 Å². The second-order valence-electron chi connectivity index (χ2n) is 4.66. The summed E-state index contributed by atoms with van der Waals surface area (Å²) in [6.45, 7) is 3.57. The van der Waals surface area contributed by atoms with E-state index in [1.807, 2.05) is 0 Å². The van der Waals surface area contributed by atoms with Crippen LogP contribution in [0, 0.1) is 0 Å². The van der Waals surface area contributed by atoms with Gasteiger partial charge in [-0.3, -0.25) is 4.79 Å². The standard InChI is InChI=1S/C14H18F3NO2S/c1-3-13(20,4-2)9-18-12(19)10-7-5-6-8-11(10)21-14(15,16)17/h5-8,20H,3-4,9H2,1-2H3,(H,18,19). The van der Waals surface area contributed by atoms with Gasteiger partial charge in [-0.2, -0.15) is 13.2 Å². The first-order valence-corrected chi connectivity index (χ1v) is 7.38. The van der Waals surface area contributed by atoms with Gasteiger partial charge in [-0.1, -0.05) is 26.0 Å². The molecule has 0 radical (unpaired) electrons. The highest BCUT2D eigenvalue weighted by molar-refractivity contribution is 8.00. The number of benzene rings is 1. The zero-order valence-electron chi connectivity index (χ0n) is 11.8. The minimum absolute atomic E-state index is 0.00382. The Bertz CT molecular complexity index is 487. The van der Waals surface area contributed by atoms with Crippen LogP contribution in [0.1, 0.15) is 37.0 Å². The highest BCUT2D eigenvalue weighted by Crippen LogP contribution is 2.38. The lowest BCUT2D eigenvalue weighted by Crippen LogP contribution is -2.42. The van der Waals surface area contributed by atoms with E-state index in [-0.39, 0.29) is 28.8 Å². The van der Waals surface area contributed by atoms with Crippen molar-refractivity contribution >= 4 is 17.7 Å². The van der Waals surface area contributed by atoms with Crippen LogP contribution in [0.4, 0.5) is 13.2 Å². The van der Waals surface area contributed by atoms with Gasteiger partial charge in [0.05, 0.1) is 11.2 Å². The molecule has 2 N–H and O–H groups in total. The Labute approximate surface area is 125 Å². The largest absolute Gasteiger partial charge is 0.446 e. The van der Waals surface area contributed by atoms with E-state index < -0.39 is 17.0 Å². The van der Waals surface area contributed by atoms with Gasteiger partial charge in [0, 0.05) is 11.4 Å². The molecule has 0 heterocycles. The van der Waals surface area contributed by atoms with E-state index in [9.17, 15) is 23.1 Å². The van der Waals surface area contributed by atoms with E-state index in [1.54, 1.807) is 13.8 Å². The first-order valence-electron chi connectivity index (χ1n) is 6.56. The van der Waals surface area contributed by atoms with Gasteiger partial charge < -0.3 is 10.4 Å². The number of carbonyl (C=O) groups is 1. The summed E-state index contributed by atoms with van der Waals surface area (Å²) in [5.41, 5.74) is -5.54. The number of rotatable bonds is 6. The van der Waals surface area contributed by atoms with Crippen LogP contribution in [0.3, 0.4) is 0 Å². The Morgan fingerprint density at radius 3 is 2.33 bits per heavy atom. The van der Waals surface area contributed by atoms with Gasteiger partial charge >= 0.3 is 5.51 Å². The van der Waals surface area contributed by atoms with E-state index in [2.05, 4.69) is 5.32 Å². The molecule has 0 saturated heterocycles. The predicted molar refractivity (Wildman–Crippen MR) is 76.2 cm³/mol. The van der Waals surface area contributed by atoms with Gasteiger partial charge in [-0.15, -0.1) is 0 Å². The second kappa shape index (κ2) is 7.17. The Kier molecular flexibility index (Phi) is 6.10. The number of amides is 1. The van der Waals surface area contributed by atoms with Gasteiger partial charge in [0.1, 0.15) is 0 Å². The van der Waals surface area contributed by atoms with Crippen molar-refractivity contribution in [1.82, 2.24) is 5.32 Å². The number of hydrogen-bond acceptors (Lipinski definition) is 3. The summed E-state index contributed by atoms with van der Waals surface area (Å²) >= 11 is -0.323. The minimum Gasteiger partial charge on any atom is -0.388 e.